The van der Waals surface area contributed by atoms with Crippen molar-refractivity contribution >= 4 is 28.3 Å². The summed E-state index contributed by atoms with van der Waals surface area (Å²) in [6.45, 7) is 1.04. The van der Waals surface area contributed by atoms with Gasteiger partial charge in [-0.15, -0.1) is 0 Å². The third-order valence-electron chi connectivity index (χ3n) is 4.15. The normalized spacial score (nSPS) is 10.7. The summed E-state index contributed by atoms with van der Waals surface area (Å²) in [6.07, 6.45) is 0.900. The van der Waals surface area contributed by atoms with E-state index in [-0.39, 0.29) is 12.5 Å². The second-order valence-corrected chi connectivity index (χ2v) is 6.40. The minimum Gasteiger partial charge on any atom is -0.363 e. The third kappa shape index (κ3) is 4.58. The molecule has 3 aromatic rings. The van der Waals surface area contributed by atoms with Gasteiger partial charge in [0.15, 0.2) is 0 Å². The van der Waals surface area contributed by atoms with Gasteiger partial charge in [-0.25, -0.2) is 4.98 Å². The molecule has 5 nitrogen and oxygen atoms in total. The van der Waals surface area contributed by atoms with Gasteiger partial charge in [-0.1, -0.05) is 48.5 Å². The van der Waals surface area contributed by atoms with Crippen molar-refractivity contribution in [2.24, 2.45) is 0 Å². The maximum Gasteiger partial charge on any atom is 0.238 e. The van der Waals surface area contributed by atoms with E-state index in [1.807, 2.05) is 67.5 Å². The zero-order valence-corrected chi connectivity index (χ0v) is 15.2. The molecule has 2 aromatic carbocycles. The summed E-state index contributed by atoms with van der Waals surface area (Å²) >= 11 is 0. The van der Waals surface area contributed by atoms with Gasteiger partial charge in [0.2, 0.25) is 5.91 Å². The number of carbonyl (C=O) groups excluding carboxylic acids is 1. The molecule has 0 atom stereocenters. The number of nitrogens with zero attached hydrogens (tertiary/aromatic N) is 2. The quantitative estimate of drug-likeness (QED) is 0.644. The average Bonchev–Trinajstić information content (AvgIpc) is 2.66. The van der Waals surface area contributed by atoms with Gasteiger partial charge in [-0.3, -0.25) is 4.79 Å². The molecule has 26 heavy (non-hydrogen) atoms. The minimum atomic E-state index is -0.0564. The second-order valence-electron chi connectivity index (χ2n) is 6.40. The van der Waals surface area contributed by atoms with Crippen LogP contribution in [-0.2, 0) is 11.2 Å². The first-order chi connectivity index (χ1) is 12.6. The van der Waals surface area contributed by atoms with Crippen molar-refractivity contribution in [3.05, 3.63) is 66.2 Å². The molecular formula is C21H24N4O. The number of nitrogens with one attached hydrogen (secondary N) is 2. The predicted molar refractivity (Wildman–Crippen MR) is 108 cm³/mol. The molecule has 0 aliphatic rings. The Hall–Kier alpha value is -2.92. The van der Waals surface area contributed by atoms with E-state index in [1.54, 1.807) is 0 Å². The van der Waals surface area contributed by atoms with Crippen LogP contribution in [0.3, 0.4) is 0 Å². The molecular weight excluding hydrogens is 324 g/mol. The number of hydrogen-bond donors (Lipinski definition) is 2. The van der Waals surface area contributed by atoms with Gasteiger partial charge < -0.3 is 15.5 Å². The van der Waals surface area contributed by atoms with Crippen LogP contribution in [0.1, 0.15) is 5.56 Å². The van der Waals surface area contributed by atoms with E-state index in [0.29, 0.717) is 0 Å². The molecule has 134 valence electrons. The van der Waals surface area contributed by atoms with Crippen molar-refractivity contribution in [1.29, 1.82) is 0 Å². The Morgan fingerprint density at radius 2 is 1.77 bits per heavy atom. The van der Waals surface area contributed by atoms with Crippen LogP contribution >= 0.6 is 0 Å². The van der Waals surface area contributed by atoms with Crippen molar-refractivity contribution in [3.8, 4) is 0 Å². The molecule has 0 saturated heterocycles. The van der Waals surface area contributed by atoms with E-state index < -0.39 is 0 Å². The van der Waals surface area contributed by atoms with E-state index in [0.717, 1.165) is 35.4 Å². The predicted octanol–water partition coefficient (Wildman–Crippen LogP) is 3.07. The maximum atomic E-state index is 12.3. The fourth-order valence-corrected chi connectivity index (χ4v) is 2.77. The Bertz CT molecular complexity index is 878. The summed E-state index contributed by atoms with van der Waals surface area (Å²) in [5.74, 6) is 0.759. The molecule has 0 bridgehead atoms. The first-order valence-electron chi connectivity index (χ1n) is 8.75. The molecule has 1 amide bonds. The number of hydrogen-bond acceptors (Lipinski definition) is 4. The summed E-state index contributed by atoms with van der Waals surface area (Å²) in [5.41, 5.74) is 2.91. The highest BCUT2D eigenvalue weighted by molar-refractivity contribution is 6.02. The second kappa shape index (κ2) is 8.45. The van der Waals surface area contributed by atoms with E-state index >= 15 is 0 Å². The number of aromatic nitrogens is 1. The molecule has 0 fully saturated rings. The summed E-state index contributed by atoms with van der Waals surface area (Å²) in [6, 6.07) is 20.0. The van der Waals surface area contributed by atoms with Crippen LogP contribution in [0.5, 0.6) is 0 Å². The average molecular weight is 348 g/mol. The molecule has 0 aliphatic carbocycles. The van der Waals surface area contributed by atoms with Crippen molar-refractivity contribution < 1.29 is 4.79 Å². The van der Waals surface area contributed by atoms with Crippen molar-refractivity contribution in [2.75, 3.05) is 37.4 Å². The number of anilines is 2. The van der Waals surface area contributed by atoms with Gasteiger partial charge in [-0.2, -0.15) is 0 Å². The van der Waals surface area contributed by atoms with Crippen LogP contribution in [0, 0.1) is 0 Å². The molecule has 0 unspecified atom stereocenters. The van der Waals surface area contributed by atoms with Gasteiger partial charge in [-0.05, 0) is 24.6 Å². The van der Waals surface area contributed by atoms with Crippen LogP contribution < -0.4 is 15.5 Å². The fourth-order valence-electron chi connectivity index (χ4n) is 2.77. The van der Waals surface area contributed by atoms with Crippen molar-refractivity contribution in [2.45, 2.75) is 6.42 Å². The Morgan fingerprint density at radius 3 is 2.54 bits per heavy atom. The monoisotopic (exact) mass is 348 g/mol. The van der Waals surface area contributed by atoms with Crippen LogP contribution in [0.4, 0.5) is 11.5 Å². The van der Waals surface area contributed by atoms with E-state index in [9.17, 15) is 4.79 Å². The van der Waals surface area contributed by atoms with Crippen LogP contribution in [0.15, 0.2) is 60.7 Å². The number of rotatable bonds is 7. The van der Waals surface area contributed by atoms with Gasteiger partial charge >= 0.3 is 0 Å². The summed E-state index contributed by atoms with van der Waals surface area (Å²) in [7, 11) is 3.88. The first kappa shape index (κ1) is 17.9. The Labute approximate surface area is 154 Å². The molecule has 2 N–H and O–H groups in total. The Balaban J connectivity index is 1.61. The van der Waals surface area contributed by atoms with Crippen LogP contribution in [-0.4, -0.2) is 38.1 Å². The SMILES string of the molecule is CN(C)c1cc(NC(=O)CNCCc2ccccc2)c2ccccc2n1. The number of amides is 1. The lowest BCUT2D eigenvalue weighted by Gasteiger charge is -2.16. The molecule has 5 heteroatoms. The van der Waals surface area contributed by atoms with Crippen molar-refractivity contribution in [3.63, 3.8) is 0 Å². The van der Waals surface area contributed by atoms with E-state index in [2.05, 4.69) is 27.8 Å². The summed E-state index contributed by atoms with van der Waals surface area (Å²) in [4.78, 5) is 18.9. The zero-order valence-electron chi connectivity index (χ0n) is 15.2. The number of fused-ring (bicyclic) bond motifs is 1. The molecule has 0 saturated carbocycles. The molecule has 1 heterocycles. The first-order valence-corrected chi connectivity index (χ1v) is 8.75. The molecule has 0 aliphatic heterocycles. The third-order valence-corrected chi connectivity index (χ3v) is 4.15. The number of pyridine rings is 1. The van der Waals surface area contributed by atoms with Gasteiger partial charge in [0.25, 0.3) is 0 Å². The molecule has 0 spiro atoms. The fraction of sp³-hybridized carbons (Fsp3) is 0.238. The zero-order chi connectivity index (χ0) is 18.4. The maximum absolute atomic E-state index is 12.3. The highest BCUT2D eigenvalue weighted by atomic mass is 16.1. The van der Waals surface area contributed by atoms with E-state index in [1.165, 1.54) is 5.56 Å². The molecule has 1 aromatic heterocycles. The lowest BCUT2D eigenvalue weighted by Crippen LogP contribution is -2.29. The van der Waals surface area contributed by atoms with Crippen molar-refractivity contribution in [1.82, 2.24) is 10.3 Å². The van der Waals surface area contributed by atoms with Gasteiger partial charge in [0.1, 0.15) is 5.82 Å². The van der Waals surface area contributed by atoms with Crippen LogP contribution in [0.25, 0.3) is 10.9 Å². The number of para-hydroxylation sites is 1. The smallest absolute Gasteiger partial charge is 0.238 e. The molecule has 0 radical (unpaired) electrons. The summed E-state index contributed by atoms with van der Waals surface area (Å²) < 4.78 is 0. The topological polar surface area (TPSA) is 57.3 Å². The van der Waals surface area contributed by atoms with Gasteiger partial charge in [0, 0.05) is 25.5 Å². The number of benzene rings is 2. The largest absolute Gasteiger partial charge is 0.363 e. The van der Waals surface area contributed by atoms with E-state index in [4.69, 9.17) is 0 Å². The lowest BCUT2D eigenvalue weighted by molar-refractivity contribution is -0.115. The Morgan fingerprint density at radius 1 is 1.04 bits per heavy atom. The minimum absolute atomic E-state index is 0.0564. The molecule has 3 rings (SSSR count). The Kier molecular flexibility index (Phi) is 5.81. The highest BCUT2D eigenvalue weighted by Gasteiger charge is 2.09. The summed E-state index contributed by atoms with van der Waals surface area (Å²) in [5, 5.41) is 7.15. The number of carbonyl (C=O) groups is 1. The highest BCUT2D eigenvalue weighted by Crippen LogP contribution is 2.26. The standard InChI is InChI=1S/C21H24N4O/c1-25(2)20-14-19(17-10-6-7-11-18(17)23-20)24-21(26)15-22-13-12-16-8-4-3-5-9-16/h3-11,14,22H,12-13,15H2,1-2H3,(H,23,24,26). The lowest BCUT2D eigenvalue weighted by atomic mass is 10.1. The van der Waals surface area contributed by atoms with Gasteiger partial charge in [0.05, 0.1) is 17.7 Å². The van der Waals surface area contributed by atoms with Crippen LogP contribution in [0.2, 0.25) is 0 Å².